The molecule has 3 nitrogen and oxygen atoms in total. The third kappa shape index (κ3) is 10.8. The Morgan fingerprint density at radius 1 is 1.12 bits per heavy atom. The van der Waals surface area contributed by atoms with Crippen molar-refractivity contribution in [2.24, 2.45) is 0 Å². The average Bonchev–Trinajstić information content (AvgIpc) is 2.62. The van der Waals surface area contributed by atoms with E-state index in [1.807, 2.05) is 61.0 Å². The van der Waals surface area contributed by atoms with Crippen molar-refractivity contribution >= 4 is 23.5 Å². The molecule has 0 amide bonds. The Morgan fingerprint density at radius 3 is 2.20 bits per heavy atom. The van der Waals surface area contributed by atoms with Crippen LogP contribution in [0.15, 0.2) is 29.8 Å². The number of rotatable bonds is 2. The third-order valence-corrected chi connectivity index (χ3v) is 4.12. The van der Waals surface area contributed by atoms with E-state index in [0.717, 1.165) is 10.7 Å². The summed E-state index contributed by atoms with van der Waals surface area (Å²) in [5, 5.41) is 4.28. The van der Waals surface area contributed by atoms with Gasteiger partial charge in [-0.25, -0.2) is 4.58 Å². The maximum absolute atomic E-state index is 4.57. The molecule has 0 bridgehead atoms. The first-order valence-electron chi connectivity index (χ1n) is 9.09. The molecule has 142 valence electrons. The molecule has 0 aliphatic heterocycles. The second-order valence-electron chi connectivity index (χ2n) is 5.29. The zero-order chi connectivity index (χ0) is 19.8. The fourth-order valence-electron chi connectivity index (χ4n) is 1.63. The van der Waals surface area contributed by atoms with Crippen LogP contribution in [0.1, 0.15) is 41.5 Å². The van der Waals surface area contributed by atoms with Gasteiger partial charge in [-0.1, -0.05) is 33.8 Å². The first-order valence-corrected chi connectivity index (χ1v) is 9.96. The normalized spacial score (nSPS) is 12.3. The minimum Gasteiger partial charge on any atom is -0.303 e. The molecule has 1 heterocycles. The summed E-state index contributed by atoms with van der Waals surface area (Å²) < 4.78 is 3.27. The highest BCUT2D eigenvalue weighted by atomic mass is 32.1. The summed E-state index contributed by atoms with van der Waals surface area (Å²) in [6.45, 7) is 12.2. The van der Waals surface area contributed by atoms with Crippen molar-refractivity contribution in [2.75, 3.05) is 28.2 Å². The summed E-state index contributed by atoms with van der Waals surface area (Å²) in [6, 6.07) is 6.53. The van der Waals surface area contributed by atoms with Gasteiger partial charge in [-0.3, -0.25) is 4.98 Å². The van der Waals surface area contributed by atoms with E-state index in [1.54, 1.807) is 11.3 Å². The summed E-state index contributed by atoms with van der Waals surface area (Å²) in [4.78, 5) is 6.75. The highest BCUT2D eigenvalue weighted by molar-refractivity contribution is 7.07. The summed E-state index contributed by atoms with van der Waals surface area (Å²) >= 11 is 1.71. The molecule has 0 saturated carbocycles. The van der Waals surface area contributed by atoms with Crippen LogP contribution in [0.25, 0.3) is 12.2 Å². The second-order valence-corrected chi connectivity index (χ2v) is 6.23. The van der Waals surface area contributed by atoms with Crippen molar-refractivity contribution in [3.05, 3.63) is 45.0 Å². The zero-order valence-electron chi connectivity index (χ0n) is 17.9. The van der Waals surface area contributed by atoms with Crippen LogP contribution in [0.5, 0.6) is 0 Å². The monoisotopic (exact) mass is 364 g/mol. The van der Waals surface area contributed by atoms with Crippen LogP contribution in [0.4, 0.5) is 0 Å². The molecule has 0 saturated heterocycles. The van der Waals surface area contributed by atoms with Gasteiger partial charge in [0.15, 0.2) is 5.36 Å². The Bertz CT molecular complexity index is 698. The van der Waals surface area contributed by atoms with E-state index in [4.69, 9.17) is 0 Å². The second kappa shape index (κ2) is 16.0. The van der Waals surface area contributed by atoms with E-state index >= 15 is 0 Å². The molecule has 1 aromatic heterocycles. The molecule has 4 heteroatoms. The summed E-state index contributed by atoms with van der Waals surface area (Å²) in [7, 11) is 8.25. The summed E-state index contributed by atoms with van der Waals surface area (Å²) in [5.74, 6) is 0. The SMILES string of the molecule is C/C=c1/ncccc(=[N+](C)C)ccs/c1=C/C(C)N(C)C.CC.CC. The van der Waals surface area contributed by atoms with Gasteiger partial charge in [-0.2, -0.15) is 0 Å². The van der Waals surface area contributed by atoms with E-state index in [0.29, 0.717) is 6.04 Å². The van der Waals surface area contributed by atoms with Gasteiger partial charge < -0.3 is 4.90 Å². The van der Waals surface area contributed by atoms with Gasteiger partial charge in [0.1, 0.15) is 14.1 Å². The highest BCUT2D eigenvalue weighted by Crippen LogP contribution is 1.92. The molecule has 0 aromatic carbocycles. The van der Waals surface area contributed by atoms with Crippen LogP contribution in [0.3, 0.4) is 0 Å². The van der Waals surface area contributed by atoms with Gasteiger partial charge in [0.25, 0.3) is 0 Å². The lowest BCUT2D eigenvalue weighted by Gasteiger charge is -2.14. The molecule has 0 fully saturated rings. The fraction of sp³-hybridized carbons (Fsp3) is 0.524. The molecule has 25 heavy (non-hydrogen) atoms. The first kappa shape index (κ1) is 25.7. The lowest BCUT2D eigenvalue weighted by Crippen LogP contribution is -2.30. The number of nitrogens with zero attached hydrogens (tertiary/aromatic N) is 3. The van der Waals surface area contributed by atoms with Gasteiger partial charge in [0, 0.05) is 28.9 Å². The first-order chi connectivity index (χ1) is 12.0. The average molecular weight is 365 g/mol. The molecular formula is C21H38N3S+. The van der Waals surface area contributed by atoms with Crippen LogP contribution in [-0.2, 0) is 0 Å². The minimum absolute atomic E-state index is 0.363. The molecule has 1 aromatic rings. The number of hydrogen-bond donors (Lipinski definition) is 0. The molecular weight excluding hydrogens is 326 g/mol. The minimum atomic E-state index is 0.363. The lowest BCUT2D eigenvalue weighted by atomic mass is 10.3. The van der Waals surface area contributed by atoms with Crippen molar-refractivity contribution in [3.8, 4) is 0 Å². The molecule has 0 N–H and O–H groups in total. The Labute approximate surface area is 159 Å². The predicted octanol–water partition coefficient (Wildman–Crippen LogP) is 2.88. The van der Waals surface area contributed by atoms with Gasteiger partial charge in [-0.05, 0) is 45.5 Å². The standard InChI is InChI=1S/C17H26N3S.2C2H6/c1-7-16-17(13-14(2)19(3)4)21-12-10-15(20(5)6)9-8-11-18-16;2*1-2/h7-14H,1-6H3;2*1-2H3/q+1;;/b9-8?,12-10?,16-7+,17-13+,18-11?;;. The van der Waals surface area contributed by atoms with E-state index < -0.39 is 0 Å². The quantitative estimate of drug-likeness (QED) is 0.752. The highest BCUT2D eigenvalue weighted by Gasteiger charge is 1.98. The van der Waals surface area contributed by atoms with Gasteiger partial charge in [-0.15, -0.1) is 11.3 Å². The van der Waals surface area contributed by atoms with Crippen LogP contribution < -0.4 is 19.8 Å². The van der Waals surface area contributed by atoms with Crippen molar-refractivity contribution in [1.82, 2.24) is 14.5 Å². The van der Waals surface area contributed by atoms with E-state index in [9.17, 15) is 0 Å². The number of hydrogen-bond acceptors (Lipinski definition) is 3. The topological polar surface area (TPSA) is 19.1 Å². The summed E-state index contributed by atoms with van der Waals surface area (Å²) in [5.41, 5.74) is 0. The van der Waals surface area contributed by atoms with Gasteiger partial charge >= 0.3 is 0 Å². The largest absolute Gasteiger partial charge is 0.303 e. The van der Waals surface area contributed by atoms with Crippen molar-refractivity contribution in [2.45, 2.75) is 47.6 Å². The molecule has 1 atom stereocenters. The van der Waals surface area contributed by atoms with Crippen LogP contribution in [0, 0.1) is 0 Å². The number of aromatic nitrogens is 1. The molecule has 0 radical (unpaired) electrons. The van der Waals surface area contributed by atoms with Crippen LogP contribution in [-0.4, -0.2) is 44.1 Å². The maximum atomic E-state index is 4.57. The Hall–Kier alpha value is -1.52. The lowest BCUT2D eigenvalue weighted by molar-refractivity contribution is 0.378. The predicted molar refractivity (Wildman–Crippen MR) is 117 cm³/mol. The van der Waals surface area contributed by atoms with E-state index in [2.05, 4.69) is 65.1 Å². The van der Waals surface area contributed by atoms with Crippen molar-refractivity contribution in [1.29, 1.82) is 0 Å². The third-order valence-electron chi connectivity index (χ3n) is 3.25. The van der Waals surface area contributed by atoms with Gasteiger partial charge in [0.05, 0.1) is 5.35 Å². The van der Waals surface area contributed by atoms with Crippen molar-refractivity contribution < 1.29 is 0 Å². The Morgan fingerprint density at radius 2 is 1.72 bits per heavy atom. The smallest absolute Gasteiger partial charge is 0.200 e. The maximum Gasteiger partial charge on any atom is 0.200 e. The van der Waals surface area contributed by atoms with Crippen molar-refractivity contribution in [3.63, 3.8) is 0 Å². The molecule has 1 unspecified atom stereocenters. The fourth-order valence-corrected chi connectivity index (χ4v) is 2.55. The molecule has 0 spiro atoms. The zero-order valence-corrected chi connectivity index (χ0v) is 18.7. The van der Waals surface area contributed by atoms with E-state index in [1.165, 1.54) is 4.53 Å². The van der Waals surface area contributed by atoms with Crippen LogP contribution >= 0.6 is 11.3 Å². The van der Waals surface area contributed by atoms with E-state index in [-0.39, 0.29) is 0 Å². The van der Waals surface area contributed by atoms with Crippen LogP contribution in [0.2, 0.25) is 0 Å². The summed E-state index contributed by atoms with van der Waals surface area (Å²) in [6.07, 6.45) is 6.16. The molecule has 0 aliphatic rings. The molecule has 0 aliphatic carbocycles. The molecule has 1 rings (SSSR count). The Balaban J connectivity index is 0. The Kier molecular flexibility index (Phi) is 16.4. The van der Waals surface area contributed by atoms with Gasteiger partial charge in [0.2, 0.25) is 0 Å².